The van der Waals surface area contributed by atoms with Crippen LogP contribution < -0.4 is 10.1 Å². The lowest BCUT2D eigenvalue weighted by atomic mass is 10.0. The van der Waals surface area contributed by atoms with E-state index in [0.29, 0.717) is 6.54 Å². The number of aromatic hydroxyl groups is 1. The standard InChI is InChI=1S/C28H26ClFN4O4/c1-3-21(36)33-12-13-34-18(14-33)15-38-26-23(28(34)37)27(31-16(2)17-8-5-4-6-9-17)32-25(24(26)29)22-19(30)10-7-11-20(22)35/h3-11,16,18,35H,1,12-15H2,2H3,(H,31,32)/t16?,18-/m1/s1. The summed E-state index contributed by atoms with van der Waals surface area (Å²) >= 11 is 6.73. The van der Waals surface area contributed by atoms with E-state index in [9.17, 15) is 19.1 Å². The predicted octanol–water partition coefficient (Wildman–Crippen LogP) is 4.65. The summed E-state index contributed by atoms with van der Waals surface area (Å²) in [5.41, 5.74) is 0.796. The van der Waals surface area contributed by atoms with E-state index in [-0.39, 0.29) is 76.7 Å². The molecule has 38 heavy (non-hydrogen) atoms. The maximum absolute atomic E-state index is 14.9. The fourth-order valence-corrected chi connectivity index (χ4v) is 5.13. The zero-order valence-electron chi connectivity index (χ0n) is 20.7. The number of amides is 2. The average Bonchev–Trinajstić information content (AvgIpc) is 3.07. The van der Waals surface area contributed by atoms with E-state index in [1.165, 1.54) is 24.3 Å². The van der Waals surface area contributed by atoms with Gasteiger partial charge in [0.05, 0.1) is 11.6 Å². The number of halogens is 2. The molecular weight excluding hydrogens is 511 g/mol. The molecule has 10 heteroatoms. The first-order valence-electron chi connectivity index (χ1n) is 12.2. The Labute approximate surface area is 224 Å². The molecule has 2 amide bonds. The molecule has 2 N–H and O–H groups in total. The number of hydrogen-bond donors (Lipinski definition) is 2. The number of nitrogens with one attached hydrogen (secondary N) is 1. The summed E-state index contributed by atoms with van der Waals surface area (Å²) in [6, 6.07) is 12.7. The molecule has 196 valence electrons. The normalized spacial score (nSPS) is 17.6. The van der Waals surface area contributed by atoms with Crippen LogP contribution in [0.3, 0.4) is 0 Å². The predicted molar refractivity (Wildman–Crippen MR) is 142 cm³/mol. The number of phenolic OH excluding ortho intramolecular Hbond substituents is 1. The molecule has 0 spiro atoms. The van der Waals surface area contributed by atoms with Crippen LogP contribution in [0, 0.1) is 5.82 Å². The quantitative estimate of drug-likeness (QED) is 0.461. The van der Waals surface area contributed by atoms with E-state index in [1.54, 1.807) is 9.80 Å². The van der Waals surface area contributed by atoms with Gasteiger partial charge in [-0.25, -0.2) is 9.37 Å². The van der Waals surface area contributed by atoms with E-state index in [4.69, 9.17) is 16.3 Å². The third-order valence-electron chi connectivity index (χ3n) is 6.84. The van der Waals surface area contributed by atoms with Crippen LogP contribution in [0.2, 0.25) is 5.02 Å². The third kappa shape index (κ3) is 4.54. The SMILES string of the molecule is C=CC(=O)N1CCN2C(=O)c3c(NC(C)c4ccccc4)nc(-c4c(O)cccc4F)c(Cl)c3OC[C@H]2C1. The minimum Gasteiger partial charge on any atom is -0.507 e. The van der Waals surface area contributed by atoms with E-state index < -0.39 is 11.9 Å². The maximum Gasteiger partial charge on any atom is 0.261 e. The molecule has 0 saturated carbocycles. The van der Waals surface area contributed by atoms with Crippen molar-refractivity contribution in [3.8, 4) is 22.8 Å². The van der Waals surface area contributed by atoms with Crippen LogP contribution in [0.1, 0.15) is 28.9 Å². The summed E-state index contributed by atoms with van der Waals surface area (Å²) in [6.45, 7) is 6.40. The van der Waals surface area contributed by atoms with Crippen molar-refractivity contribution in [1.29, 1.82) is 0 Å². The van der Waals surface area contributed by atoms with E-state index in [1.807, 2.05) is 37.3 Å². The number of carbonyl (C=O) groups excluding carboxylic acids is 2. The second kappa shape index (κ2) is 10.3. The average molecular weight is 537 g/mol. The Hall–Kier alpha value is -4.11. The zero-order valence-corrected chi connectivity index (χ0v) is 21.4. The van der Waals surface area contributed by atoms with Crippen LogP contribution in [-0.4, -0.2) is 64.0 Å². The molecule has 0 radical (unpaired) electrons. The molecular formula is C28H26ClFN4O4. The number of ether oxygens (including phenoxy) is 1. The summed E-state index contributed by atoms with van der Waals surface area (Å²) in [4.78, 5) is 34.0. The van der Waals surface area contributed by atoms with Crippen molar-refractivity contribution in [1.82, 2.24) is 14.8 Å². The monoisotopic (exact) mass is 536 g/mol. The Kier molecular flexibility index (Phi) is 6.94. The van der Waals surface area contributed by atoms with Crippen molar-refractivity contribution in [3.63, 3.8) is 0 Å². The summed E-state index contributed by atoms with van der Waals surface area (Å²) in [7, 11) is 0. The van der Waals surface area contributed by atoms with Gasteiger partial charge in [0.15, 0.2) is 5.75 Å². The number of aromatic nitrogens is 1. The highest BCUT2D eigenvalue weighted by molar-refractivity contribution is 6.35. The fraction of sp³-hybridized carbons (Fsp3) is 0.250. The number of carbonyl (C=O) groups is 2. The molecule has 1 fully saturated rings. The van der Waals surface area contributed by atoms with Gasteiger partial charge in [-0.1, -0.05) is 54.6 Å². The van der Waals surface area contributed by atoms with Gasteiger partial charge in [0.25, 0.3) is 5.91 Å². The first-order valence-corrected chi connectivity index (χ1v) is 12.6. The summed E-state index contributed by atoms with van der Waals surface area (Å²) in [5, 5.41) is 13.7. The Morgan fingerprint density at radius 3 is 2.71 bits per heavy atom. The Morgan fingerprint density at radius 1 is 1.24 bits per heavy atom. The first-order chi connectivity index (χ1) is 18.3. The first kappa shape index (κ1) is 25.5. The number of rotatable bonds is 5. The van der Waals surface area contributed by atoms with Crippen molar-refractivity contribution >= 4 is 29.2 Å². The van der Waals surface area contributed by atoms with Crippen molar-refractivity contribution in [3.05, 3.63) is 83.2 Å². The second-order valence-corrected chi connectivity index (χ2v) is 9.57. The number of fused-ring (bicyclic) bond motifs is 2. The zero-order chi connectivity index (χ0) is 27.0. The molecule has 1 aromatic heterocycles. The number of hydrogen-bond acceptors (Lipinski definition) is 6. The lowest BCUT2D eigenvalue weighted by Gasteiger charge is -2.39. The van der Waals surface area contributed by atoms with Crippen LogP contribution in [-0.2, 0) is 4.79 Å². The minimum atomic E-state index is -0.725. The van der Waals surface area contributed by atoms with Gasteiger partial charge < -0.3 is 25.0 Å². The maximum atomic E-state index is 14.9. The highest BCUT2D eigenvalue weighted by Crippen LogP contribution is 2.45. The molecule has 2 aliphatic rings. The van der Waals surface area contributed by atoms with Crippen LogP contribution in [0.4, 0.5) is 10.2 Å². The summed E-state index contributed by atoms with van der Waals surface area (Å²) in [6.07, 6.45) is 1.24. The lowest BCUT2D eigenvalue weighted by molar-refractivity contribution is -0.128. The number of phenols is 1. The number of pyridine rings is 1. The topological polar surface area (TPSA) is 95.0 Å². The van der Waals surface area contributed by atoms with Gasteiger partial charge in [0.1, 0.15) is 40.3 Å². The van der Waals surface area contributed by atoms with Crippen molar-refractivity contribution in [2.75, 3.05) is 31.6 Å². The molecule has 0 bridgehead atoms. The van der Waals surface area contributed by atoms with Crippen LogP contribution in [0.15, 0.2) is 61.2 Å². The molecule has 3 heterocycles. The molecule has 0 aliphatic carbocycles. The smallest absolute Gasteiger partial charge is 0.261 e. The van der Waals surface area contributed by atoms with Gasteiger partial charge in [-0.3, -0.25) is 9.59 Å². The van der Waals surface area contributed by atoms with Gasteiger partial charge in [-0.05, 0) is 30.7 Å². The molecule has 5 rings (SSSR count). The van der Waals surface area contributed by atoms with Gasteiger partial charge in [0.2, 0.25) is 5.91 Å². The summed E-state index contributed by atoms with van der Waals surface area (Å²) in [5.74, 6) is -1.48. The van der Waals surface area contributed by atoms with Crippen molar-refractivity contribution in [2.45, 2.75) is 19.0 Å². The van der Waals surface area contributed by atoms with Gasteiger partial charge in [-0.2, -0.15) is 0 Å². The molecule has 1 saturated heterocycles. The van der Waals surface area contributed by atoms with Crippen LogP contribution >= 0.6 is 11.6 Å². The number of benzene rings is 2. The molecule has 2 aliphatic heterocycles. The molecule has 3 aromatic rings. The van der Waals surface area contributed by atoms with Gasteiger partial charge in [0, 0.05) is 25.7 Å². The van der Waals surface area contributed by atoms with E-state index in [0.717, 1.165) is 5.56 Å². The van der Waals surface area contributed by atoms with Crippen LogP contribution in [0.25, 0.3) is 11.3 Å². The van der Waals surface area contributed by atoms with Gasteiger partial charge in [-0.15, -0.1) is 0 Å². The third-order valence-corrected chi connectivity index (χ3v) is 7.19. The highest BCUT2D eigenvalue weighted by Gasteiger charge is 2.40. The molecule has 1 unspecified atom stereocenters. The van der Waals surface area contributed by atoms with Crippen LogP contribution in [0.5, 0.6) is 11.5 Å². The number of piperazine rings is 1. The Morgan fingerprint density at radius 2 is 2.00 bits per heavy atom. The largest absolute Gasteiger partial charge is 0.507 e. The van der Waals surface area contributed by atoms with Gasteiger partial charge >= 0.3 is 0 Å². The molecule has 2 aromatic carbocycles. The van der Waals surface area contributed by atoms with E-state index >= 15 is 0 Å². The molecule has 8 nitrogen and oxygen atoms in total. The minimum absolute atomic E-state index is 0.0445. The fourth-order valence-electron chi connectivity index (χ4n) is 4.84. The Bertz CT molecular complexity index is 1400. The Balaban J connectivity index is 1.64. The second-order valence-electron chi connectivity index (χ2n) is 9.19. The van der Waals surface area contributed by atoms with E-state index in [2.05, 4.69) is 16.9 Å². The van der Waals surface area contributed by atoms with Crippen molar-refractivity contribution < 1.29 is 23.8 Å². The number of nitrogens with zero attached hydrogens (tertiary/aromatic N) is 3. The lowest BCUT2D eigenvalue weighted by Crippen LogP contribution is -2.57. The molecule has 2 atom stereocenters. The number of anilines is 1. The van der Waals surface area contributed by atoms with Crippen molar-refractivity contribution in [2.24, 2.45) is 0 Å². The summed E-state index contributed by atoms with van der Waals surface area (Å²) < 4.78 is 21.0. The highest BCUT2D eigenvalue weighted by atomic mass is 35.5.